The van der Waals surface area contributed by atoms with Crippen molar-refractivity contribution in [3.63, 3.8) is 0 Å². The van der Waals surface area contributed by atoms with Crippen molar-refractivity contribution in [1.82, 2.24) is 0 Å². The van der Waals surface area contributed by atoms with Crippen LogP contribution < -0.4 is 29.6 Å². The molecule has 3 heteroatoms. The van der Waals surface area contributed by atoms with Gasteiger partial charge in [0.25, 0.3) is 0 Å². The minimum absolute atomic E-state index is 0. The standard InChI is InChI=1S/C2H5.Na.2H2O/c1-2;;;/h1H2,2H3;;2*1H2/q-1;+1;;. The van der Waals surface area contributed by atoms with Gasteiger partial charge in [-0.2, -0.15) is 6.92 Å². The van der Waals surface area contributed by atoms with Crippen LogP contribution in [0, 0.1) is 6.92 Å². The van der Waals surface area contributed by atoms with Crippen LogP contribution in [0.25, 0.3) is 0 Å². The summed E-state index contributed by atoms with van der Waals surface area (Å²) < 4.78 is 0. The normalized spacial score (nSPS) is 1.20. The summed E-state index contributed by atoms with van der Waals surface area (Å²) in [5, 5.41) is 0. The summed E-state index contributed by atoms with van der Waals surface area (Å²) in [5.41, 5.74) is 0. The van der Waals surface area contributed by atoms with Crippen molar-refractivity contribution in [3.05, 3.63) is 6.92 Å². The van der Waals surface area contributed by atoms with Gasteiger partial charge in [0.1, 0.15) is 0 Å². The summed E-state index contributed by atoms with van der Waals surface area (Å²) in [6.07, 6.45) is 0. The molecule has 0 aliphatic rings. The molecule has 0 spiro atoms. The quantitative estimate of drug-likeness (QED) is 0.215. The van der Waals surface area contributed by atoms with Crippen molar-refractivity contribution in [2.24, 2.45) is 0 Å². The molecule has 0 rings (SSSR count). The van der Waals surface area contributed by atoms with Crippen molar-refractivity contribution < 1.29 is 40.5 Å². The van der Waals surface area contributed by atoms with Crippen LogP contribution in [0.5, 0.6) is 0 Å². The smallest absolute Gasteiger partial charge is 0.412 e. The molecule has 2 nitrogen and oxygen atoms in total. The topological polar surface area (TPSA) is 63.0 Å². The average molecular weight is 88.1 g/mol. The van der Waals surface area contributed by atoms with Gasteiger partial charge >= 0.3 is 29.6 Å². The van der Waals surface area contributed by atoms with Gasteiger partial charge in [-0.1, -0.05) is 0 Å². The van der Waals surface area contributed by atoms with E-state index in [1.54, 1.807) is 6.92 Å². The summed E-state index contributed by atoms with van der Waals surface area (Å²) in [4.78, 5) is 0. The monoisotopic (exact) mass is 88.1 g/mol. The van der Waals surface area contributed by atoms with Crippen LogP contribution in [0.15, 0.2) is 0 Å². The Morgan fingerprint density at radius 3 is 1.00 bits per heavy atom. The summed E-state index contributed by atoms with van der Waals surface area (Å²) in [7, 11) is 0. The van der Waals surface area contributed by atoms with Gasteiger partial charge in [-0.3, -0.25) is 0 Å². The van der Waals surface area contributed by atoms with Crippen molar-refractivity contribution in [3.8, 4) is 0 Å². The minimum Gasteiger partial charge on any atom is -0.412 e. The zero-order chi connectivity index (χ0) is 2.00. The fourth-order valence-corrected chi connectivity index (χ4v) is 0. The third-order valence-electron chi connectivity index (χ3n) is 0. The second kappa shape index (κ2) is 89.3. The average Bonchev–Trinajstić information content (AvgIpc) is 1.00. The van der Waals surface area contributed by atoms with E-state index in [0.29, 0.717) is 0 Å². The van der Waals surface area contributed by atoms with Crippen LogP contribution in [0.3, 0.4) is 0 Å². The van der Waals surface area contributed by atoms with E-state index in [0.717, 1.165) is 0 Å². The van der Waals surface area contributed by atoms with Gasteiger partial charge < -0.3 is 17.9 Å². The summed E-state index contributed by atoms with van der Waals surface area (Å²) in [5.74, 6) is 0. The van der Waals surface area contributed by atoms with Crippen molar-refractivity contribution in [1.29, 1.82) is 0 Å². The van der Waals surface area contributed by atoms with E-state index in [1.807, 2.05) is 0 Å². The van der Waals surface area contributed by atoms with Crippen molar-refractivity contribution in [2.75, 3.05) is 0 Å². The van der Waals surface area contributed by atoms with Crippen LogP contribution in [0.4, 0.5) is 0 Å². The molecule has 0 aromatic carbocycles. The van der Waals surface area contributed by atoms with Gasteiger partial charge in [0.15, 0.2) is 0 Å². The minimum atomic E-state index is 0. The molecule has 0 atom stereocenters. The van der Waals surface area contributed by atoms with E-state index in [4.69, 9.17) is 0 Å². The van der Waals surface area contributed by atoms with Gasteiger partial charge in [0, 0.05) is 0 Å². The first kappa shape index (κ1) is 38.9. The Hall–Kier alpha value is 0.920. The van der Waals surface area contributed by atoms with Crippen LogP contribution in [-0.2, 0) is 0 Å². The molecule has 0 fully saturated rings. The third kappa shape index (κ3) is 49.6. The summed E-state index contributed by atoms with van der Waals surface area (Å²) >= 11 is 0. The summed E-state index contributed by atoms with van der Waals surface area (Å²) in [6.45, 7) is 5.00. The predicted octanol–water partition coefficient (Wildman–Crippen LogP) is -3.81. The second-order valence-electron chi connectivity index (χ2n) is 0. The third-order valence-corrected chi connectivity index (χ3v) is 0. The van der Waals surface area contributed by atoms with Gasteiger partial charge in [-0.25, -0.2) is 0 Å². The van der Waals surface area contributed by atoms with E-state index in [-0.39, 0.29) is 40.5 Å². The van der Waals surface area contributed by atoms with Gasteiger partial charge in [-0.05, 0) is 0 Å². The molecule has 0 heterocycles. The molecule has 5 heavy (non-hydrogen) atoms. The molecule has 0 aliphatic heterocycles. The van der Waals surface area contributed by atoms with Crippen LogP contribution >= 0.6 is 0 Å². The van der Waals surface area contributed by atoms with E-state index in [2.05, 4.69) is 6.92 Å². The maximum atomic E-state index is 3.25. The zero-order valence-electron chi connectivity index (χ0n) is 3.71. The fraction of sp³-hybridized carbons (Fsp3) is 0.500. The molecule has 0 radical (unpaired) electrons. The Bertz CT molecular complexity index is 7.61. The number of hydrogen-bond donors (Lipinski definition) is 0. The summed E-state index contributed by atoms with van der Waals surface area (Å²) in [6, 6.07) is 0. The maximum absolute atomic E-state index is 3.25. The second-order valence-corrected chi connectivity index (χ2v) is 0. The molecule has 0 unspecified atom stereocenters. The molecule has 0 aromatic rings. The maximum Gasteiger partial charge on any atom is 1.00 e. The Labute approximate surface area is 54.5 Å². The van der Waals surface area contributed by atoms with Gasteiger partial charge in [0.05, 0.1) is 0 Å². The van der Waals surface area contributed by atoms with E-state index in [1.165, 1.54) is 0 Å². The fourth-order valence-electron chi connectivity index (χ4n) is 0. The Balaban J connectivity index is -0.00000000167. The van der Waals surface area contributed by atoms with Gasteiger partial charge in [0.2, 0.25) is 0 Å². The van der Waals surface area contributed by atoms with Crippen LogP contribution in [0.2, 0.25) is 0 Å². The number of hydrogen-bond acceptors (Lipinski definition) is 0. The molecule has 30 valence electrons. The Kier molecular flexibility index (Phi) is 694. The van der Waals surface area contributed by atoms with Gasteiger partial charge in [-0.15, -0.1) is 0 Å². The molecule has 0 saturated carbocycles. The molecular weight excluding hydrogens is 79.0 g/mol. The number of rotatable bonds is 0. The van der Waals surface area contributed by atoms with Crippen LogP contribution in [-0.4, -0.2) is 11.0 Å². The van der Waals surface area contributed by atoms with Crippen molar-refractivity contribution >= 4 is 0 Å². The molecule has 4 N–H and O–H groups in total. The van der Waals surface area contributed by atoms with E-state index >= 15 is 0 Å². The Morgan fingerprint density at radius 2 is 1.00 bits per heavy atom. The first-order valence-corrected chi connectivity index (χ1v) is 0.707. The van der Waals surface area contributed by atoms with E-state index < -0.39 is 0 Å². The largest absolute Gasteiger partial charge is 1.00 e. The first-order chi connectivity index (χ1) is 1.00. The molecule has 0 aliphatic carbocycles. The van der Waals surface area contributed by atoms with E-state index in [9.17, 15) is 0 Å². The zero-order valence-corrected chi connectivity index (χ0v) is 5.71. The predicted molar refractivity (Wildman–Crippen MR) is 18.3 cm³/mol. The molecule has 0 amide bonds. The first-order valence-electron chi connectivity index (χ1n) is 0.707. The molecule has 0 saturated heterocycles. The van der Waals surface area contributed by atoms with Crippen molar-refractivity contribution in [2.45, 2.75) is 6.92 Å². The Morgan fingerprint density at radius 1 is 1.00 bits per heavy atom. The molecular formula is C2H9NaO2. The SMILES string of the molecule is O.O.[CH2-]C.[Na+]. The molecule has 0 aromatic heterocycles. The molecule has 0 bridgehead atoms. The van der Waals surface area contributed by atoms with Crippen LogP contribution in [0.1, 0.15) is 6.92 Å².